The number of rotatable bonds is 10. The standard InChI is InChI=1S/C50H49Cl2FN6O8/c51-30-14-17-34-36(27-30)55-47(64)50(34)40(33-9-5-10-35(52)41(33)53)42(57-49(50)22-2-1-3-23-49)45(62)54-31-15-12-29(13-16-31)46(63)58-24-20-32(21-25-58)66-26-6-8-28-7-4-11-37-43(28)67-48(65)59(37)38-18-19-39(60)56-44(38)61/h4-5,7,9-17,27,32,38,40,42,57H,1-3,6,8,18-26H2,(H,54,62)(H,55,64)(H,56,60,61)/t38?,40-,42+,50+/m0/s1. The Morgan fingerprint density at radius 3 is 2.42 bits per heavy atom. The Bertz CT molecular complexity index is 2870. The van der Waals surface area contributed by atoms with Crippen LogP contribution in [0.15, 0.2) is 88.1 Å². The van der Waals surface area contributed by atoms with E-state index in [0.29, 0.717) is 96.8 Å². The molecule has 1 aromatic heterocycles. The van der Waals surface area contributed by atoms with Crippen molar-refractivity contribution in [3.8, 4) is 0 Å². The van der Waals surface area contributed by atoms with Gasteiger partial charge in [0.2, 0.25) is 23.6 Å². The zero-order valence-electron chi connectivity index (χ0n) is 36.5. The van der Waals surface area contributed by atoms with Gasteiger partial charge in [-0.15, -0.1) is 0 Å². The molecule has 10 rings (SSSR count). The van der Waals surface area contributed by atoms with Crippen LogP contribution in [-0.4, -0.2) is 76.4 Å². The third kappa shape index (κ3) is 7.83. The molecule has 1 unspecified atom stereocenters. The van der Waals surface area contributed by atoms with E-state index in [0.717, 1.165) is 24.8 Å². The number of aryl methyl sites for hydroxylation is 1. The van der Waals surface area contributed by atoms with E-state index in [1.807, 2.05) is 18.2 Å². The van der Waals surface area contributed by atoms with Crippen molar-refractivity contribution in [1.29, 1.82) is 0 Å². The van der Waals surface area contributed by atoms with Crippen LogP contribution in [0.1, 0.15) is 103 Å². The van der Waals surface area contributed by atoms with Crippen molar-refractivity contribution < 1.29 is 37.5 Å². The summed E-state index contributed by atoms with van der Waals surface area (Å²) in [6, 6.07) is 20.2. The van der Waals surface area contributed by atoms with E-state index in [1.54, 1.807) is 59.5 Å². The normalized spacial score (nSPS) is 23.7. The van der Waals surface area contributed by atoms with Gasteiger partial charge < -0.3 is 24.7 Å². The summed E-state index contributed by atoms with van der Waals surface area (Å²) in [5, 5.41) is 12.3. The van der Waals surface area contributed by atoms with Gasteiger partial charge in [0.15, 0.2) is 5.58 Å². The molecule has 67 heavy (non-hydrogen) atoms. The van der Waals surface area contributed by atoms with Gasteiger partial charge in [0.05, 0.1) is 22.7 Å². The lowest BCUT2D eigenvalue weighted by Crippen LogP contribution is -2.60. The number of para-hydroxylation sites is 1. The first-order valence-electron chi connectivity index (χ1n) is 23.0. The lowest BCUT2D eigenvalue weighted by atomic mass is 9.55. The minimum Gasteiger partial charge on any atom is -0.407 e. The minimum absolute atomic E-state index is 0.0362. The molecule has 0 bridgehead atoms. The molecule has 5 aromatic rings. The highest BCUT2D eigenvalue weighted by Gasteiger charge is 2.72. The van der Waals surface area contributed by atoms with E-state index in [-0.39, 0.29) is 47.3 Å². The lowest BCUT2D eigenvalue weighted by Gasteiger charge is -2.47. The largest absolute Gasteiger partial charge is 0.420 e. The van der Waals surface area contributed by atoms with E-state index in [9.17, 15) is 28.8 Å². The number of benzene rings is 4. The van der Waals surface area contributed by atoms with Crippen LogP contribution in [0.25, 0.3) is 11.1 Å². The number of carbonyl (C=O) groups excluding carboxylic acids is 5. The molecule has 1 saturated carbocycles. The van der Waals surface area contributed by atoms with Crippen LogP contribution >= 0.6 is 23.2 Å². The zero-order valence-corrected chi connectivity index (χ0v) is 38.0. The summed E-state index contributed by atoms with van der Waals surface area (Å²) < 4.78 is 29.5. The molecule has 4 aliphatic heterocycles. The van der Waals surface area contributed by atoms with E-state index in [4.69, 9.17) is 32.4 Å². The quantitative estimate of drug-likeness (QED) is 0.0812. The van der Waals surface area contributed by atoms with Crippen molar-refractivity contribution >= 4 is 75.2 Å². The first-order chi connectivity index (χ1) is 32.4. The molecule has 2 spiro atoms. The van der Waals surface area contributed by atoms with Crippen LogP contribution < -0.4 is 27.0 Å². The van der Waals surface area contributed by atoms with E-state index in [2.05, 4.69) is 21.3 Å². The Hall–Kier alpha value is -5.87. The average molecular weight is 952 g/mol. The number of carbonyl (C=O) groups is 5. The number of oxazole rings is 1. The maximum atomic E-state index is 16.3. The van der Waals surface area contributed by atoms with Gasteiger partial charge >= 0.3 is 5.76 Å². The number of amides is 5. The highest BCUT2D eigenvalue weighted by Crippen LogP contribution is 2.63. The molecule has 1 aliphatic carbocycles. The highest BCUT2D eigenvalue weighted by molar-refractivity contribution is 6.31. The molecule has 4 aromatic carbocycles. The van der Waals surface area contributed by atoms with Gasteiger partial charge in [0.25, 0.3) is 5.91 Å². The van der Waals surface area contributed by atoms with Crippen molar-refractivity contribution in [2.24, 2.45) is 0 Å². The van der Waals surface area contributed by atoms with Crippen molar-refractivity contribution in [1.82, 2.24) is 20.1 Å². The number of likely N-dealkylation sites (tertiary alicyclic amines) is 1. The number of halogens is 3. The number of piperidine rings is 2. The smallest absolute Gasteiger partial charge is 0.407 e. The lowest BCUT2D eigenvalue weighted by molar-refractivity contribution is -0.136. The van der Waals surface area contributed by atoms with Crippen molar-refractivity contribution in [3.63, 3.8) is 0 Å². The molecule has 4 N–H and O–H groups in total. The Morgan fingerprint density at radius 2 is 1.66 bits per heavy atom. The van der Waals surface area contributed by atoms with Crippen LogP contribution in [0.4, 0.5) is 15.8 Å². The Morgan fingerprint density at radius 1 is 0.896 bits per heavy atom. The molecule has 4 atom stereocenters. The summed E-state index contributed by atoms with van der Waals surface area (Å²) >= 11 is 12.8. The fourth-order valence-electron chi connectivity index (χ4n) is 11.6. The first kappa shape index (κ1) is 44.9. The maximum absolute atomic E-state index is 16.3. The molecule has 3 saturated heterocycles. The van der Waals surface area contributed by atoms with Crippen LogP contribution in [0, 0.1) is 5.82 Å². The van der Waals surface area contributed by atoms with E-state index >= 15 is 4.39 Å². The second-order valence-electron chi connectivity index (χ2n) is 18.3. The van der Waals surface area contributed by atoms with Crippen molar-refractivity contribution in [2.75, 3.05) is 30.3 Å². The highest BCUT2D eigenvalue weighted by atomic mass is 35.5. The minimum atomic E-state index is -1.36. The molecule has 17 heteroatoms. The van der Waals surface area contributed by atoms with Gasteiger partial charge in [-0.2, -0.15) is 0 Å². The zero-order chi connectivity index (χ0) is 46.6. The van der Waals surface area contributed by atoms with Gasteiger partial charge in [-0.05, 0) is 110 Å². The number of nitrogens with one attached hydrogen (secondary N) is 4. The van der Waals surface area contributed by atoms with Crippen molar-refractivity contribution in [2.45, 2.75) is 106 Å². The fourth-order valence-corrected chi connectivity index (χ4v) is 11.9. The van der Waals surface area contributed by atoms with Crippen LogP contribution in [-0.2, 0) is 35.8 Å². The number of nitrogens with zero attached hydrogens (tertiary/aromatic N) is 2. The Balaban J connectivity index is 0.777. The summed E-state index contributed by atoms with van der Waals surface area (Å²) in [7, 11) is 0. The molecule has 5 amide bonds. The first-order valence-corrected chi connectivity index (χ1v) is 23.8. The number of aromatic nitrogens is 1. The fraction of sp³-hybridized carbons (Fsp3) is 0.400. The third-order valence-corrected chi connectivity index (χ3v) is 15.1. The van der Waals surface area contributed by atoms with E-state index < -0.39 is 52.3 Å². The van der Waals surface area contributed by atoms with Gasteiger partial charge in [0, 0.05) is 59.5 Å². The molecule has 5 heterocycles. The SMILES string of the molecule is O=C1CCC(n2c(=O)oc3c(CCCOC4CCN(C(=O)c5ccc(NC(=O)[C@@H]6NC7(CCCCC7)[C@@]7(C(=O)Nc8cc(Cl)ccc87)[C@H]6c6cccc(Cl)c6F)cc5)CC4)cccc32)C(=O)N1. The summed E-state index contributed by atoms with van der Waals surface area (Å²) in [4.78, 5) is 81.8. The summed E-state index contributed by atoms with van der Waals surface area (Å²) in [6.07, 6.45) is 6.67. The van der Waals surface area contributed by atoms with Crippen LogP contribution in [0.2, 0.25) is 10.0 Å². The molecule has 0 radical (unpaired) electrons. The average Bonchev–Trinajstić information content (AvgIpc) is 3.92. The number of ether oxygens (including phenoxy) is 1. The Labute approximate surface area is 394 Å². The van der Waals surface area contributed by atoms with E-state index in [1.165, 1.54) is 10.6 Å². The number of hydrogen-bond donors (Lipinski definition) is 4. The van der Waals surface area contributed by atoms with Crippen molar-refractivity contribution in [3.05, 3.63) is 128 Å². The topological polar surface area (TPSA) is 181 Å². The number of anilines is 2. The predicted molar refractivity (Wildman–Crippen MR) is 249 cm³/mol. The second-order valence-corrected chi connectivity index (χ2v) is 19.2. The molecule has 4 fully saturated rings. The molecular weight excluding hydrogens is 902 g/mol. The van der Waals surface area contributed by atoms with Gasteiger partial charge in [0.1, 0.15) is 17.3 Å². The van der Waals surface area contributed by atoms with Gasteiger partial charge in [-0.1, -0.05) is 72.8 Å². The predicted octanol–water partition coefficient (Wildman–Crippen LogP) is 7.56. The summed E-state index contributed by atoms with van der Waals surface area (Å²) in [5.74, 6) is -4.09. The van der Waals surface area contributed by atoms with Crippen LogP contribution in [0.3, 0.4) is 0 Å². The molecule has 14 nitrogen and oxygen atoms in total. The molecular formula is C50H49Cl2FN6O8. The Kier molecular flexibility index (Phi) is 12.1. The number of fused-ring (bicyclic) bond motifs is 4. The number of hydrogen-bond acceptors (Lipinski definition) is 9. The second kappa shape index (κ2) is 18.0. The van der Waals surface area contributed by atoms with Crippen LogP contribution in [0.5, 0.6) is 0 Å². The monoisotopic (exact) mass is 950 g/mol. The molecule has 348 valence electrons. The van der Waals surface area contributed by atoms with Gasteiger partial charge in [-0.25, -0.2) is 9.18 Å². The third-order valence-electron chi connectivity index (χ3n) is 14.6. The summed E-state index contributed by atoms with van der Waals surface area (Å²) in [5.41, 5.74) is 1.78. The number of imide groups is 1. The van der Waals surface area contributed by atoms with Gasteiger partial charge in [-0.3, -0.25) is 39.2 Å². The molecule has 5 aliphatic rings. The maximum Gasteiger partial charge on any atom is 0.420 e. The summed E-state index contributed by atoms with van der Waals surface area (Å²) in [6.45, 7) is 1.46.